The van der Waals surface area contributed by atoms with Gasteiger partial charge in [-0.1, -0.05) is 13.8 Å². The smallest absolute Gasteiger partial charge is 0.277 e. The fraction of sp³-hybridized carbons (Fsp3) is 1.00. The third-order valence-electron chi connectivity index (χ3n) is 1.36. The van der Waals surface area contributed by atoms with Crippen molar-refractivity contribution in [2.75, 3.05) is 13.1 Å². The van der Waals surface area contributed by atoms with Crippen molar-refractivity contribution in [2.45, 2.75) is 39.8 Å². The summed E-state index contributed by atoms with van der Waals surface area (Å²) in [5.41, 5.74) is 0. The number of rotatable bonds is 7. The van der Waals surface area contributed by atoms with E-state index >= 15 is 0 Å². The quantitative estimate of drug-likeness (QED) is 0.524. The summed E-state index contributed by atoms with van der Waals surface area (Å²) in [5, 5.41) is 3.12. The van der Waals surface area contributed by atoms with Crippen LogP contribution in [-0.4, -0.2) is 33.6 Å². The van der Waals surface area contributed by atoms with Crippen LogP contribution < -0.4 is 14.8 Å². The molecule has 86 valence electrons. The van der Waals surface area contributed by atoms with Crippen LogP contribution in [0.15, 0.2) is 0 Å². The normalized spacial score (nSPS) is 12.7. The van der Waals surface area contributed by atoms with Gasteiger partial charge in [0, 0.05) is 25.2 Å². The summed E-state index contributed by atoms with van der Waals surface area (Å²) < 4.78 is 27.4. The van der Waals surface area contributed by atoms with E-state index in [1.807, 2.05) is 13.8 Å². The number of nitrogens with one attached hydrogen (secondary N) is 3. The van der Waals surface area contributed by atoms with E-state index in [0.29, 0.717) is 19.1 Å². The van der Waals surface area contributed by atoms with Gasteiger partial charge in [-0.2, -0.15) is 13.1 Å². The Bertz CT molecular complexity index is 237. The summed E-state index contributed by atoms with van der Waals surface area (Å²) in [6.45, 7) is 8.63. The summed E-state index contributed by atoms with van der Waals surface area (Å²) in [5.74, 6) is 0. The van der Waals surface area contributed by atoms with Crippen LogP contribution in [0.5, 0.6) is 0 Å². The molecule has 0 unspecified atom stereocenters. The van der Waals surface area contributed by atoms with Crippen molar-refractivity contribution in [2.24, 2.45) is 0 Å². The Balaban J connectivity index is 3.67. The van der Waals surface area contributed by atoms with Crippen molar-refractivity contribution in [1.82, 2.24) is 14.8 Å². The van der Waals surface area contributed by atoms with Crippen LogP contribution in [0.4, 0.5) is 0 Å². The van der Waals surface area contributed by atoms with Gasteiger partial charge in [0.1, 0.15) is 0 Å². The monoisotopic (exact) mass is 223 g/mol. The van der Waals surface area contributed by atoms with Gasteiger partial charge in [-0.3, -0.25) is 0 Å². The van der Waals surface area contributed by atoms with Gasteiger partial charge in [0.2, 0.25) is 0 Å². The molecular weight excluding hydrogens is 202 g/mol. The molecule has 0 rings (SSSR count). The molecule has 0 fully saturated rings. The molecule has 0 heterocycles. The molecule has 0 aromatic rings. The van der Waals surface area contributed by atoms with Gasteiger partial charge < -0.3 is 5.32 Å². The Hall–Kier alpha value is -0.170. The maximum absolute atomic E-state index is 11.2. The lowest BCUT2D eigenvalue weighted by molar-refractivity contribution is 0.542. The van der Waals surface area contributed by atoms with Crippen molar-refractivity contribution >= 4 is 10.2 Å². The van der Waals surface area contributed by atoms with Crippen LogP contribution in [0.2, 0.25) is 0 Å². The highest BCUT2D eigenvalue weighted by molar-refractivity contribution is 7.87. The first kappa shape index (κ1) is 13.8. The SMILES string of the molecule is CC(C)NCCNS(=O)(=O)NC(C)C. The minimum atomic E-state index is -3.32. The molecule has 0 spiro atoms. The van der Waals surface area contributed by atoms with E-state index in [0.717, 1.165) is 0 Å². The molecule has 0 saturated carbocycles. The van der Waals surface area contributed by atoms with Gasteiger partial charge in [0.25, 0.3) is 10.2 Å². The highest BCUT2D eigenvalue weighted by Crippen LogP contribution is 1.82. The van der Waals surface area contributed by atoms with Crippen molar-refractivity contribution < 1.29 is 8.42 Å². The van der Waals surface area contributed by atoms with Crippen molar-refractivity contribution in [3.05, 3.63) is 0 Å². The van der Waals surface area contributed by atoms with E-state index in [4.69, 9.17) is 0 Å². The van der Waals surface area contributed by atoms with E-state index in [2.05, 4.69) is 14.8 Å². The topological polar surface area (TPSA) is 70.2 Å². The highest BCUT2D eigenvalue weighted by Gasteiger charge is 2.09. The molecule has 5 nitrogen and oxygen atoms in total. The van der Waals surface area contributed by atoms with E-state index < -0.39 is 10.2 Å². The summed E-state index contributed by atoms with van der Waals surface area (Å²) >= 11 is 0. The van der Waals surface area contributed by atoms with E-state index in [1.165, 1.54) is 0 Å². The van der Waals surface area contributed by atoms with Crippen LogP contribution in [0.1, 0.15) is 27.7 Å². The number of hydrogen-bond acceptors (Lipinski definition) is 3. The molecule has 14 heavy (non-hydrogen) atoms. The zero-order valence-corrected chi connectivity index (χ0v) is 10.1. The van der Waals surface area contributed by atoms with Gasteiger partial charge >= 0.3 is 0 Å². The second-order valence-corrected chi connectivity index (χ2v) is 5.31. The largest absolute Gasteiger partial charge is 0.313 e. The first-order chi connectivity index (χ1) is 6.33. The maximum Gasteiger partial charge on any atom is 0.277 e. The molecular formula is C8H21N3O2S. The van der Waals surface area contributed by atoms with E-state index in [9.17, 15) is 8.42 Å². The molecule has 6 heteroatoms. The molecule has 0 aliphatic rings. The standard InChI is InChI=1S/C8H21N3O2S/c1-7(2)9-5-6-10-14(12,13)11-8(3)4/h7-11H,5-6H2,1-4H3. The molecule has 3 N–H and O–H groups in total. The molecule has 0 saturated heterocycles. The summed E-state index contributed by atoms with van der Waals surface area (Å²) in [6, 6.07) is 0.295. The van der Waals surface area contributed by atoms with Crippen LogP contribution in [0, 0.1) is 0 Å². The Morgan fingerprint density at radius 3 is 2.00 bits per heavy atom. The lowest BCUT2D eigenvalue weighted by atomic mass is 10.4. The van der Waals surface area contributed by atoms with Crippen LogP contribution in [0.25, 0.3) is 0 Å². The Morgan fingerprint density at radius 2 is 1.57 bits per heavy atom. The number of hydrogen-bond donors (Lipinski definition) is 3. The lowest BCUT2D eigenvalue weighted by Crippen LogP contribution is -2.43. The molecule has 0 aliphatic heterocycles. The van der Waals surface area contributed by atoms with Crippen molar-refractivity contribution in [3.8, 4) is 0 Å². The first-order valence-corrected chi connectivity index (χ1v) is 6.32. The third kappa shape index (κ3) is 8.43. The van der Waals surface area contributed by atoms with Crippen molar-refractivity contribution in [1.29, 1.82) is 0 Å². The average Bonchev–Trinajstić information content (AvgIpc) is 1.95. The Morgan fingerprint density at radius 1 is 1.00 bits per heavy atom. The van der Waals surface area contributed by atoms with Crippen molar-refractivity contribution in [3.63, 3.8) is 0 Å². The molecule has 0 atom stereocenters. The fourth-order valence-corrected chi connectivity index (χ4v) is 1.97. The lowest BCUT2D eigenvalue weighted by Gasteiger charge is -2.12. The maximum atomic E-state index is 11.2. The third-order valence-corrected chi connectivity index (χ3v) is 2.73. The second-order valence-electron chi connectivity index (χ2n) is 3.78. The van der Waals surface area contributed by atoms with Crippen LogP contribution in [-0.2, 0) is 10.2 Å². The molecule has 0 aliphatic carbocycles. The Labute approximate surface area is 86.8 Å². The van der Waals surface area contributed by atoms with Gasteiger partial charge in [-0.05, 0) is 13.8 Å². The summed E-state index contributed by atoms with van der Waals surface area (Å²) in [6.07, 6.45) is 0. The molecule has 0 bridgehead atoms. The van der Waals surface area contributed by atoms with Crippen LogP contribution >= 0.6 is 0 Å². The zero-order valence-electron chi connectivity index (χ0n) is 9.29. The van der Waals surface area contributed by atoms with Gasteiger partial charge in [-0.25, -0.2) is 4.72 Å². The van der Waals surface area contributed by atoms with Gasteiger partial charge in [0.05, 0.1) is 0 Å². The predicted molar refractivity (Wildman–Crippen MR) is 58.3 cm³/mol. The van der Waals surface area contributed by atoms with E-state index in [1.54, 1.807) is 13.8 Å². The summed E-state index contributed by atoms with van der Waals surface area (Å²) in [4.78, 5) is 0. The zero-order chi connectivity index (χ0) is 11.2. The Kier molecular flexibility index (Phi) is 6.26. The predicted octanol–water partition coefficient (Wildman–Crippen LogP) is -0.183. The molecule has 0 aromatic carbocycles. The fourth-order valence-electron chi connectivity index (χ4n) is 0.898. The average molecular weight is 223 g/mol. The molecule has 0 radical (unpaired) electrons. The van der Waals surface area contributed by atoms with Gasteiger partial charge in [0.15, 0.2) is 0 Å². The minimum Gasteiger partial charge on any atom is -0.313 e. The molecule has 0 aromatic heterocycles. The second kappa shape index (κ2) is 6.34. The highest BCUT2D eigenvalue weighted by atomic mass is 32.2. The van der Waals surface area contributed by atoms with Crippen LogP contribution in [0.3, 0.4) is 0 Å². The first-order valence-electron chi connectivity index (χ1n) is 4.84. The summed E-state index contributed by atoms with van der Waals surface area (Å²) in [7, 11) is -3.32. The van der Waals surface area contributed by atoms with Gasteiger partial charge in [-0.15, -0.1) is 0 Å². The minimum absolute atomic E-state index is 0.0782. The molecule has 0 amide bonds. The van der Waals surface area contributed by atoms with E-state index in [-0.39, 0.29) is 6.04 Å².